The van der Waals surface area contributed by atoms with Crippen molar-refractivity contribution in [1.82, 2.24) is 4.98 Å². The first-order chi connectivity index (χ1) is 7.37. The van der Waals surface area contributed by atoms with E-state index in [9.17, 15) is 4.79 Å². The van der Waals surface area contributed by atoms with Crippen LogP contribution in [0.3, 0.4) is 0 Å². The molecule has 0 atom stereocenters. The lowest BCUT2D eigenvalue weighted by Crippen LogP contribution is -2.51. The van der Waals surface area contributed by atoms with Crippen LogP contribution in [0.1, 0.15) is 27.7 Å². The lowest BCUT2D eigenvalue weighted by Gasteiger charge is -2.36. The summed E-state index contributed by atoms with van der Waals surface area (Å²) in [5.41, 5.74) is -0.666. The summed E-state index contributed by atoms with van der Waals surface area (Å²) in [5, 5.41) is 0. The first-order valence-corrected chi connectivity index (χ1v) is 5.51. The van der Waals surface area contributed by atoms with E-state index in [2.05, 4.69) is 4.98 Å². The predicted molar refractivity (Wildman–Crippen MR) is 69.7 cm³/mol. The van der Waals surface area contributed by atoms with Crippen molar-refractivity contribution < 1.29 is 4.79 Å². The molecule has 1 aromatic heterocycles. The van der Waals surface area contributed by atoms with Crippen LogP contribution in [0.15, 0.2) is 24.4 Å². The van der Waals surface area contributed by atoms with Gasteiger partial charge in [-0.05, 0) is 39.8 Å². The number of hydrogen-bond acceptors (Lipinski definition) is 3. The van der Waals surface area contributed by atoms with Crippen LogP contribution in [0.25, 0.3) is 0 Å². The Hall–Kier alpha value is -1.29. The Labute approximate surface area is 101 Å². The summed E-state index contributed by atoms with van der Waals surface area (Å²) in [6.45, 7) is 7.06. The number of thiocarbonyl (C=S) groups is 1. The molecule has 0 aliphatic carbocycles. The fourth-order valence-corrected chi connectivity index (χ4v) is 1.81. The number of aromatic nitrogens is 1. The first kappa shape index (κ1) is 12.8. The van der Waals surface area contributed by atoms with E-state index in [1.165, 1.54) is 0 Å². The number of carbonyl (C=O) groups is 1. The van der Waals surface area contributed by atoms with Crippen LogP contribution in [0.4, 0.5) is 5.82 Å². The summed E-state index contributed by atoms with van der Waals surface area (Å²) in [4.78, 5) is 18.3. The molecule has 0 bridgehead atoms. The molecule has 0 saturated heterocycles. The summed E-state index contributed by atoms with van der Waals surface area (Å²) in [5.74, 6) is 0.762. The summed E-state index contributed by atoms with van der Waals surface area (Å²) in [6.07, 6.45) is 1.69. The van der Waals surface area contributed by atoms with E-state index < -0.39 is 5.54 Å². The van der Waals surface area contributed by atoms with Gasteiger partial charge in [-0.3, -0.25) is 4.79 Å². The van der Waals surface area contributed by atoms with E-state index in [4.69, 9.17) is 12.2 Å². The van der Waals surface area contributed by atoms with E-state index >= 15 is 0 Å². The third-order valence-electron chi connectivity index (χ3n) is 2.61. The zero-order valence-electron chi connectivity index (χ0n) is 10.0. The molecular weight excluding hydrogens is 220 g/mol. The molecule has 1 heterocycles. The van der Waals surface area contributed by atoms with Crippen LogP contribution < -0.4 is 4.90 Å². The molecule has 1 aromatic rings. The number of Topliss-reactive ketones (excluding diaryl/α,β-unsaturated/α-hetero) is 1. The average Bonchev–Trinajstić information content (AvgIpc) is 2.18. The quantitative estimate of drug-likeness (QED) is 0.755. The lowest BCUT2D eigenvalue weighted by molar-refractivity contribution is -0.120. The van der Waals surface area contributed by atoms with E-state index in [1.807, 2.05) is 32.0 Å². The minimum Gasteiger partial charge on any atom is -0.308 e. The van der Waals surface area contributed by atoms with Gasteiger partial charge < -0.3 is 4.90 Å². The SMILES string of the molecule is CC(=O)C(C)(C)N(C(C)=S)c1ccccn1. The number of carbonyl (C=O) groups excluding carboxylic acids is 1. The van der Waals surface area contributed by atoms with Crippen LogP contribution in [0.5, 0.6) is 0 Å². The average molecular weight is 236 g/mol. The van der Waals surface area contributed by atoms with Gasteiger partial charge >= 0.3 is 0 Å². The molecule has 0 saturated carbocycles. The predicted octanol–water partition coefficient (Wildman–Crippen LogP) is 2.60. The van der Waals surface area contributed by atoms with Crippen LogP contribution >= 0.6 is 12.2 Å². The molecule has 0 amide bonds. The van der Waals surface area contributed by atoms with Crippen molar-refractivity contribution in [2.75, 3.05) is 4.90 Å². The van der Waals surface area contributed by atoms with E-state index in [0.717, 1.165) is 0 Å². The topological polar surface area (TPSA) is 33.2 Å². The number of anilines is 1. The van der Waals surface area contributed by atoms with Gasteiger partial charge in [0.15, 0.2) is 5.78 Å². The minimum atomic E-state index is -0.666. The summed E-state index contributed by atoms with van der Waals surface area (Å²) >= 11 is 5.20. The second-order valence-electron chi connectivity index (χ2n) is 4.16. The maximum atomic E-state index is 11.7. The number of rotatable bonds is 3. The molecule has 0 aromatic carbocycles. The van der Waals surface area contributed by atoms with Gasteiger partial charge in [0.2, 0.25) is 0 Å². The third-order valence-corrected chi connectivity index (χ3v) is 2.80. The van der Waals surface area contributed by atoms with Crippen molar-refractivity contribution in [3.8, 4) is 0 Å². The molecule has 86 valence electrons. The van der Waals surface area contributed by atoms with E-state index in [0.29, 0.717) is 10.8 Å². The van der Waals surface area contributed by atoms with Gasteiger partial charge in [-0.2, -0.15) is 0 Å². The largest absolute Gasteiger partial charge is 0.308 e. The van der Waals surface area contributed by atoms with Gasteiger partial charge in [0.25, 0.3) is 0 Å². The van der Waals surface area contributed by atoms with Crippen molar-refractivity contribution in [1.29, 1.82) is 0 Å². The van der Waals surface area contributed by atoms with Crippen LogP contribution in [-0.4, -0.2) is 21.3 Å². The Morgan fingerprint density at radius 3 is 2.38 bits per heavy atom. The van der Waals surface area contributed by atoms with Crippen molar-refractivity contribution in [2.45, 2.75) is 33.2 Å². The molecule has 1 rings (SSSR count). The number of pyridine rings is 1. The Bertz CT molecular complexity index is 401. The highest BCUT2D eigenvalue weighted by molar-refractivity contribution is 7.80. The smallest absolute Gasteiger partial charge is 0.155 e. The van der Waals surface area contributed by atoms with Gasteiger partial charge in [-0.15, -0.1) is 0 Å². The number of ketones is 1. The molecule has 0 fully saturated rings. The zero-order chi connectivity index (χ0) is 12.3. The van der Waals surface area contributed by atoms with Gasteiger partial charge in [-0.25, -0.2) is 4.98 Å². The third kappa shape index (κ3) is 2.44. The Kier molecular flexibility index (Phi) is 3.75. The highest BCUT2D eigenvalue weighted by atomic mass is 32.1. The van der Waals surface area contributed by atoms with Gasteiger partial charge in [0.05, 0.1) is 10.5 Å². The first-order valence-electron chi connectivity index (χ1n) is 5.10. The molecule has 0 unspecified atom stereocenters. The van der Waals surface area contributed by atoms with Crippen LogP contribution in [0.2, 0.25) is 0 Å². The lowest BCUT2D eigenvalue weighted by atomic mass is 9.97. The van der Waals surface area contributed by atoms with Crippen LogP contribution in [0, 0.1) is 0 Å². The van der Waals surface area contributed by atoms with Crippen molar-refractivity contribution in [3.05, 3.63) is 24.4 Å². The van der Waals surface area contributed by atoms with Gasteiger partial charge in [0.1, 0.15) is 5.82 Å². The number of nitrogens with zero attached hydrogens (tertiary/aromatic N) is 2. The minimum absolute atomic E-state index is 0.0577. The van der Waals surface area contributed by atoms with Crippen molar-refractivity contribution in [2.24, 2.45) is 0 Å². The standard InChI is InChI=1S/C12H16N2OS/c1-9(15)12(3,4)14(10(2)16)11-7-5-6-8-13-11/h5-8H,1-4H3. The normalized spacial score (nSPS) is 11.0. The Balaban J connectivity index is 3.21. The van der Waals surface area contributed by atoms with Gasteiger partial charge in [0, 0.05) is 6.20 Å². The molecule has 0 N–H and O–H groups in total. The summed E-state index contributed by atoms with van der Waals surface area (Å²) in [7, 11) is 0. The Morgan fingerprint density at radius 2 is 2.00 bits per heavy atom. The van der Waals surface area contributed by atoms with Crippen molar-refractivity contribution >= 4 is 28.8 Å². The molecular formula is C12H16N2OS. The van der Waals surface area contributed by atoms with E-state index in [-0.39, 0.29) is 5.78 Å². The summed E-state index contributed by atoms with van der Waals surface area (Å²) < 4.78 is 0. The second-order valence-corrected chi connectivity index (χ2v) is 4.75. The highest BCUT2D eigenvalue weighted by Gasteiger charge is 2.33. The molecule has 0 aliphatic rings. The highest BCUT2D eigenvalue weighted by Crippen LogP contribution is 2.23. The maximum absolute atomic E-state index is 11.7. The fourth-order valence-electron chi connectivity index (χ4n) is 1.48. The maximum Gasteiger partial charge on any atom is 0.155 e. The van der Waals surface area contributed by atoms with Gasteiger partial charge in [-0.1, -0.05) is 18.3 Å². The van der Waals surface area contributed by atoms with E-state index in [1.54, 1.807) is 24.9 Å². The van der Waals surface area contributed by atoms with Crippen molar-refractivity contribution in [3.63, 3.8) is 0 Å². The molecule has 0 aliphatic heterocycles. The van der Waals surface area contributed by atoms with Crippen LogP contribution in [-0.2, 0) is 4.79 Å². The number of hydrogen-bond donors (Lipinski definition) is 0. The Morgan fingerprint density at radius 1 is 1.38 bits per heavy atom. The zero-order valence-corrected chi connectivity index (χ0v) is 10.8. The second kappa shape index (κ2) is 4.70. The summed E-state index contributed by atoms with van der Waals surface area (Å²) in [6, 6.07) is 5.56. The molecule has 3 nitrogen and oxygen atoms in total. The molecule has 0 radical (unpaired) electrons. The molecule has 16 heavy (non-hydrogen) atoms. The molecule has 4 heteroatoms. The molecule has 0 spiro atoms. The monoisotopic (exact) mass is 236 g/mol. The fraction of sp³-hybridized carbons (Fsp3) is 0.417.